The van der Waals surface area contributed by atoms with Crippen LogP contribution in [0.1, 0.15) is 28.7 Å². The maximum absolute atomic E-state index is 14.6. The molecule has 150 valence electrons. The van der Waals surface area contributed by atoms with Gasteiger partial charge in [-0.15, -0.1) is 0 Å². The van der Waals surface area contributed by atoms with E-state index >= 15 is 0 Å². The van der Waals surface area contributed by atoms with Gasteiger partial charge < -0.3 is 5.32 Å². The van der Waals surface area contributed by atoms with Crippen LogP contribution in [0.2, 0.25) is 5.02 Å². The summed E-state index contributed by atoms with van der Waals surface area (Å²) in [6.07, 6.45) is 3.84. The number of nitrogens with one attached hydrogen (secondary N) is 2. The van der Waals surface area contributed by atoms with E-state index in [9.17, 15) is 9.18 Å². The van der Waals surface area contributed by atoms with Crippen LogP contribution in [0.5, 0.6) is 0 Å². The van der Waals surface area contributed by atoms with Gasteiger partial charge in [0.2, 0.25) is 0 Å². The van der Waals surface area contributed by atoms with Crippen molar-refractivity contribution < 1.29 is 9.18 Å². The van der Waals surface area contributed by atoms with Crippen molar-refractivity contribution in [1.82, 2.24) is 20.1 Å². The number of rotatable bonds is 5. The number of fused-ring (bicyclic) bond motifs is 1. The third-order valence-electron chi connectivity index (χ3n) is 4.75. The molecule has 7 nitrogen and oxygen atoms in total. The Balaban J connectivity index is 1.52. The first-order valence-electron chi connectivity index (χ1n) is 9.32. The summed E-state index contributed by atoms with van der Waals surface area (Å²) in [7, 11) is 0. The zero-order chi connectivity index (χ0) is 20.4. The van der Waals surface area contributed by atoms with Gasteiger partial charge in [-0.2, -0.15) is 0 Å². The van der Waals surface area contributed by atoms with Crippen LogP contribution in [0.25, 0.3) is 5.65 Å². The van der Waals surface area contributed by atoms with Gasteiger partial charge in [0.1, 0.15) is 23.5 Å². The van der Waals surface area contributed by atoms with Crippen molar-refractivity contribution in [1.29, 1.82) is 0 Å². The number of hydrazine groups is 1. The molecule has 0 spiro atoms. The minimum absolute atomic E-state index is 0.0663. The normalized spacial score (nSPS) is 13.6. The molecule has 0 aliphatic carbocycles. The summed E-state index contributed by atoms with van der Waals surface area (Å²) in [5, 5.41) is 5.11. The van der Waals surface area contributed by atoms with Crippen molar-refractivity contribution >= 4 is 35.2 Å². The lowest BCUT2D eigenvalue weighted by Crippen LogP contribution is -2.42. The van der Waals surface area contributed by atoms with E-state index in [2.05, 4.69) is 20.7 Å². The largest absolute Gasteiger partial charge is 0.347 e. The number of nitrogens with zero attached hydrogens (tertiary/aromatic N) is 4. The Morgan fingerprint density at radius 2 is 2.21 bits per heavy atom. The van der Waals surface area contributed by atoms with Gasteiger partial charge in [0.05, 0.1) is 29.5 Å². The minimum Gasteiger partial charge on any atom is -0.347 e. The molecule has 3 heterocycles. The molecular formula is C20H20ClFN6O. The van der Waals surface area contributed by atoms with E-state index in [4.69, 9.17) is 11.6 Å². The summed E-state index contributed by atoms with van der Waals surface area (Å²) in [5.41, 5.74) is 5.80. The number of aliphatic imine (C=N–C) groups is 1. The molecule has 3 aromatic rings. The van der Waals surface area contributed by atoms with Gasteiger partial charge in [-0.05, 0) is 30.7 Å². The quantitative estimate of drug-likeness (QED) is 0.673. The molecule has 1 aliphatic heterocycles. The van der Waals surface area contributed by atoms with Crippen LogP contribution < -0.4 is 15.8 Å². The number of imidazole rings is 1. The molecule has 2 aromatic heterocycles. The fourth-order valence-electron chi connectivity index (χ4n) is 3.26. The van der Waals surface area contributed by atoms with Crippen LogP contribution in [0.15, 0.2) is 41.5 Å². The zero-order valence-electron chi connectivity index (χ0n) is 15.8. The fraction of sp³-hybridized carbons (Fsp3) is 0.250. The van der Waals surface area contributed by atoms with Gasteiger partial charge in [0, 0.05) is 18.3 Å². The van der Waals surface area contributed by atoms with Crippen molar-refractivity contribution in [3.8, 4) is 0 Å². The van der Waals surface area contributed by atoms with Crippen LogP contribution >= 0.6 is 11.6 Å². The second-order valence-corrected chi connectivity index (χ2v) is 7.05. The monoisotopic (exact) mass is 414 g/mol. The predicted octanol–water partition coefficient (Wildman–Crippen LogP) is 2.97. The van der Waals surface area contributed by atoms with E-state index in [1.165, 1.54) is 6.07 Å². The number of hydrogen-bond donors (Lipinski definition) is 2. The number of carbonyl (C=O) groups excluding carboxylic acids is 1. The average Bonchev–Trinajstić information content (AvgIpc) is 3.11. The number of amides is 1. The molecule has 9 heteroatoms. The number of carbonyl (C=O) groups is 1. The molecule has 1 aliphatic rings. The topological polar surface area (TPSA) is 74.0 Å². The molecular weight excluding hydrogens is 395 g/mol. The van der Waals surface area contributed by atoms with Gasteiger partial charge in [0.25, 0.3) is 5.91 Å². The molecule has 0 fully saturated rings. The third-order valence-corrected chi connectivity index (χ3v) is 4.97. The first kappa shape index (κ1) is 19.2. The van der Waals surface area contributed by atoms with Crippen LogP contribution in [0.3, 0.4) is 0 Å². The average molecular weight is 415 g/mol. The summed E-state index contributed by atoms with van der Waals surface area (Å²) in [6, 6.07) is 8.41. The highest BCUT2D eigenvalue weighted by Crippen LogP contribution is 2.20. The Bertz CT molecular complexity index is 1100. The number of halogens is 2. The van der Waals surface area contributed by atoms with Crippen LogP contribution in [0, 0.1) is 5.82 Å². The van der Waals surface area contributed by atoms with Gasteiger partial charge in [0.15, 0.2) is 0 Å². The maximum Gasteiger partial charge on any atom is 0.270 e. The van der Waals surface area contributed by atoms with E-state index in [0.717, 1.165) is 0 Å². The number of aromatic nitrogens is 2. The smallest absolute Gasteiger partial charge is 0.270 e. The van der Waals surface area contributed by atoms with Gasteiger partial charge in [-0.25, -0.2) is 9.37 Å². The second kappa shape index (κ2) is 8.08. The lowest BCUT2D eigenvalue weighted by molar-refractivity contribution is 0.0943. The number of aryl methyl sites for hydroxylation is 1. The highest BCUT2D eigenvalue weighted by molar-refractivity contribution is 6.30. The predicted molar refractivity (Wildman–Crippen MR) is 111 cm³/mol. The number of anilines is 1. The summed E-state index contributed by atoms with van der Waals surface area (Å²) in [5.74, 6) is -0.710. The fourth-order valence-corrected chi connectivity index (χ4v) is 3.42. The van der Waals surface area contributed by atoms with E-state index < -0.39 is 0 Å². The molecule has 0 bridgehead atoms. The number of benzene rings is 1. The van der Waals surface area contributed by atoms with Crippen molar-refractivity contribution in [2.45, 2.75) is 19.9 Å². The third kappa shape index (κ3) is 3.88. The summed E-state index contributed by atoms with van der Waals surface area (Å²) >= 11 is 6.07. The van der Waals surface area contributed by atoms with Gasteiger partial charge >= 0.3 is 0 Å². The molecule has 2 N–H and O–H groups in total. The Morgan fingerprint density at radius 3 is 2.93 bits per heavy atom. The maximum atomic E-state index is 14.6. The summed E-state index contributed by atoms with van der Waals surface area (Å²) in [4.78, 5) is 21.4. The zero-order valence-corrected chi connectivity index (χ0v) is 16.6. The summed E-state index contributed by atoms with van der Waals surface area (Å²) in [6.45, 7) is 3.30. The molecule has 1 amide bonds. The summed E-state index contributed by atoms with van der Waals surface area (Å²) < 4.78 is 16.2. The Labute approximate surface area is 172 Å². The van der Waals surface area contributed by atoms with Crippen molar-refractivity contribution in [2.24, 2.45) is 4.99 Å². The van der Waals surface area contributed by atoms with Crippen molar-refractivity contribution in [2.75, 3.05) is 18.1 Å². The SMILES string of the molecule is CCc1nc2ccc(Cl)cn2c1C(=O)NCc1ccc(N2CCN=CN2)cc1F. The second-order valence-electron chi connectivity index (χ2n) is 6.61. The van der Waals surface area contributed by atoms with Crippen LogP contribution in [-0.2, 0) is 13.0 Å². The van der Waals surface area contributed by atoms with E-state index in [-0.39, 0.29) is 18.3 Å². The van der Waals surface area contributed by atoms with Crippen molar-refractivity contribution in [3.05, 3.63) is 64.3 Å². The lowest BCUT2D eigenvalue weighted by atomic mass is 10.1. The molecule has 29 heavy (non-hydrogen) atoms. The van der Waals surface area contributed by atoms with Gasteiger partial charge in [-0.1, -0.05) is 24.6 Å². The van der Waals surface area contributed by atoms with Crippen molar-refractivity contribution in [3.63, 3.8) is 0 Å². The highest BCUT2D eigenvalue weighted by Gasteiger charge is 2.19. The Hall–Kier alpha value is -3.13. The molecule has 4 rings (SSSR count). The molecule has 0 radical (unpaired) electrons. The highest BCUT2D eigenvalue weighted by atomic mass is 35.5. The van der Waals surface area contributed by atoms with Gasteiger partial charge in [-0.3, -0.25) is 24.6 Å². The molecule has 0 unspecified atom stereocenters. The van der Waals surface area contributed by atoms with Crippen LogP contribution in [-0.4, -0.2) is 34.7 Å². The minimum atomic E-state index is -0.385. The molecule has 0 atom stereocenters. The number of hydrogen-bond acceptors (Lipinski definition) is 5. The molecule has 0 saturated heterocycles. The van der Waals surface area contributed by atoms with Crippen LogP contribution in [0.4, 0.5) is 10.1 Å². The number of pyridine rings is 1. The van der Waals surface area contributed by atoms with E-state index in [0.29, 0.717) is 52.8 Å². The lowest BCUT2D eigenvalue weighted by Gasteiger charge is -2.26. The molecule has 1 aromatic carbocycles. The first-order chi connectivity index (χ1) is 14.1. The van der Waals surface area contributed by atoms with E-state index in [1.807, 2.05) is 18.0 Å². The standard InChI is InChI=1S/C20H20ClFN6O/c1-2-17-19(27-11-14(21)4-6-18(27)26-17)20(29)24-10-13-3-5-15(9-16(13)22)28-8-7-23-12-25-28/h3-6,9,11-12H,2,7-8,10H2,1H3,(H,23,25)(H,24,29). The Morgan fingerprint density at radius 1 is 1.34 bits per heavy atom. The first-order valence-corrected chi connectivity index (χ1v) is 9.69. The Kier molecular flexibility index (Phi) is 5.35. The van der Waals surface area contributed by atoms with E-state index in [1.54, 1.807) is 35.1 Å². The molecule has 0 saturated carbocycles.